The lowest BCUT2D eigenvalue weighted by molar-refractivity contribution is 0.209. The highest BCUT2D eigenvalue weighted by Gasteiger charge is 2.54. The topological polar surface area (TPSA) is 101 Å². The molecule has 0 amide bonds. The van der Waals surface area contributed by atoms with Crippen molar-refractivity contribution in [1.82, 2.24) is 4.90 Å². The highest BCUT2D eigenvalue weighted by Crippen LogP contribution is 2.54. The molecule has 2 heterocycles. The number of nitriles is 3. The minimum absolute atomic E-state index is 0.0831. The zero-order valence-electron chi connectivity index (χ0n) is 14.1. The quantitative estimate of drug-likeness (QED) is 0.904. The first-order valence-corrected chi connectivity index (χ1v) is 9.19. The molecule has 0 fully saturated rings. The number of thiophene rings is 1. The van der Waals surface area contributed by atoms with Gasteiger partial charge in [0.1, 0.15) is 6.07 Å². The van der Waals surface area contributed by atoms with Crippen molar-refractivity contribution in [3.63, 3.8) is 0 Å². The molecule has 25 heavy (non-hydrogen) atoms. The lowest BCUT2D eigenvalue weighted by Gasteiger charge is -2.45. The Balaban J connectivity index is 2.24. The van der Waals surface area contributed by atoms with Gasteiger partial charge in [-0.1, -0.05) is 19.1 Å². The predicted molar refractivity (Wildman–Crippen MR) is 95.8 cm³/mol. The van der Waals surface area contributed by atoms with E-state index in [1.165, 1.54) is 11.3 Å². The van der Waals surface area contributed by atoms with Gasteiger partial charge in [0.2, 0.25) is 0 Å². The molecule has 1 aromatic heterocycles. The number of hydrogen-bond acceptors (Lipinski definition) is 6. The number of nitrogens with two attached hydrogens (primary N) is 1. The predicted octanol–water partition coefficient (Wildman–Crippen LogP) is 2.88. The third-order valence-electron chi connectivity index (χ3n) is 5.13. The minimum Gasteiger partial charge on any atom is -0.399 e. The molecule has 0 saturated carbocycles. The van der Waals surface area contributed by atoms with E-state index in [4.69, 9.17) is 5.73 Å². The molecule has 3 rings (SSSR count). The Kier molecular flexibility index (Phi) is 4.64. The molecule has 2 N–H and O–H groups in total. The van der Waals surface area contributed by atoms with Crippen LogP contribution in [0.5, 0.6) is 0 Å². The largest absolute Gasteiger partial charge is 0.399 e. The van der Waals surface area contributed by atoms with Crippen LogP contribution in [0.2, 0.25) is 0 Å². The number of fused-ring (bicyclic) bond motifs is 1. The van der Waals surface area contributed by atoms with Gasteiger partial charge in [-0.2, -0.15) is 15.8 Å². The van der Waals surface area contributed by atoms with Crippen molar-refractivity contribution < 1.29 is 0 Å². The number of nitrogens with zero attached hydrogens (tertiary/aromatic N) is 4. The van der Waals surface area contributed by atoms with Gasteiger partial charge < -0.3 is 5.73 Å². The summed E-state index contributed by atoms with van der Waals surface area (Å²) in [7, 11) is 0. The summed E-state index contributed by atoms with van der Waals surface area (Å²) in [6.07, 6.45) is 3.08. The van der Waals surface area contributed by atoms with E-state index in [2.05, 4.69) is 36.1 Å². The lowest BCUT2D eigenvalue weighted by Crippen LogP contribution is -2.47. The minimum atomic E-state index is -1.51. The van der Waals surface area contributed by atoms with E-state index in [-0.39, 0.29) is 17.5 Å². The van der Waals surface area contributed by atoms with Gasteiger partial charge in [0.15, 0.2) is 5.41 Å². The van der Waals surface area contributed by atoms with Gasteiger partial charge in [0.05, 0.1) is 23.4 Å². The summed E-state index contributed by atoms with van der Waals surface area (Å²) in [6, 6.07) is 10.4. The fraction of sp³-hybridized carbons (Fsp3) is 0.421. The van der Waals surface area contributed by atoms with E-state index >= 15 is 0 Å². The van der Waals surface area contributed by atoms with E-state index in [1.807, 2.05) is 17.5 Å². The van der Waals surface area contributed by atoms with Crippen LogP contribution < -0.4 is 5.73 Å². The average molecular weight is 349 g/mol. The molecule has 0 unspecified atom stereocenters. The molecule has 6 heteroatoms. The Labute approximate surface area is 151 Å². The normalized spacial score (nSPS) is 25.3. The van der Waals surface area contributed by atoms with Crippen LogP contribution in [0.25, 0.3) is 0 Å². The number of rotatable bonds is 3. The van der Waals surface area contributed by atoms with Crippen LogP contribution in [0.4, 0.5) is 0 Å². The molecular formula is C19H19N5S. The molecule has 0 aromatic carbocycles. The molecule has 1 aliphatic heterocycles. The highest BCUT2D eigenvalue weighted by molar-refractivity contribution is 7.10. The molecular weight excluding hydrogens is 330 g/mol. The first-order chi connectivity index (χ1) is 12.1. The van der Waals surface area contributed by atoms with Crippen LogP contribution in [0.3, 0.4) is 0 Å². The summed E-state index contributed by atoms with van der Waals surface area (Å²) in [5, 5.41) is 31.5. The molecule has 5 nitrogen and oxygen atoms in total. The molecule has 1 aliphatic carbocycles. The standard InChI is InChI=1S/C19H19N5S/c1-2-6-24-7-5-13-14(9-20)18(23)19(11-21,12-22)17(15(13)10-24)16-4-3-8-25-16/h3-5,8,15,17H,2,6-7,10,23H2,1H3/t15-,17+/m0/s1. The highest BCUT2D eigenvalue weighted by atomic mass is 32.1. The summed E-state index contributed by atoms with van der Waals surface area (Å²) in [6.45, 7) is 4.57. The van der Waals surface area contributed by atoms with Crippen LogP contribution in [-0.2, 0) is 0 Å². The van der Waals surface area contributed by atoms with Gasteiger partial charge in [-0.05, 0) is 30.0 Å². The third-order valence-corrected chi connectivity index (χ3v) is 6.08. The maximum atomic E-state index is 9.93. The van der Waals surface area contributed by atoms with Crippen molar-refractivity contribution in [2.45, 2.75) is 19.3 Å². The van der Waals surface area contributed by atoms with Crippen molar-refractivity contribution in [2.75, 3.05) is 19.6 Å². The van der Waals surface area contributed by atoms with E-state index in [1.54, 1.807) is 0 Å². The van der Waals surface area contributed by atoms with Crippen molar-refractivity contribution >= 4 is 11.3 Å². The van der Waals surface area contributed by atoms with Crippen molar-refractivity contribution in [1.29, 1.82) is 15.8 Å². The zero-order chi connectivity index (χ0) is 18.0. The average Bonchev–Trinajstić information content (AvgIpc) is 3.15. The summed E-state index contributed by atoms with van der Waals surface area (Å²) < 4.78 is 0. The smallest absolute Gasteiger partial charge is 0.192 e. The second-order valence-electron chi connectivity index (χ2n) is 6.45. The van der Waals surface area contributed by atoms with Crippen molar-refractivity contribution in [3.05, 3.63) is 45.3 Å². The van der Waals surface area contributed by atoms with Crippen molar-refractivity contribution in [2.24, 2.45) is 17.1 Å². The molecule has 0 saturated heterocycles. The van der Waals surface area contributed by atoms with Crippen LogP contribution in [0.1, 0.15) is 24.1 Å². The van der Waals surface area contributed by atoms with E-state index in [9.17, 15) is 15.8 Å². The summed E-state index contributed by atoms with van der Waals surface area (Å²) >= 11 is 1.53. The maximum Gasteiger partial charge on any atom is 0.192 e. The fourth-order valence-corrected chi connectivity index (χ4v) is 4.97. The fourth-order valence-electron chi connectivity index (χ4n) is 4.01. The van der Waals surface area contributed by atoms with Crippen LogP contribution in [0.15, 0.2) is 40.4 Å². The van der Waals surface area contributed by atoms with Crippen molar-refractivity contribution in [3.8, 4) is 18.2 Å². The summed E-state index contributed by atoms with van der Waals surface area (Å²) in [5.74, 6) is -0.439. The maximum absolute atomic E-state index is 9.93. The molecule has 2 aliphatic rings. The summed E-state index contributed by atoms with van der Waals surface area (Å²) in [5.41, 5.74) is 6.06. The molecule has 126 valence electrons. The first-order valence-electron chi connectivity index (χ1n) is 8.31. The van der Waals surface area contributed by atoms with E-state index in [0.717, 1.165) is 36.5 Å². The Morgan fingerprint density at radius 2 is 2.12 bits per heavy atom. The number of allylic oxidation sites excluding steroid dienone is 2. The lowest BCUT2D eigenvalue weighted by atomic mass is 9.59. The van der Waals surface area contributed by atoms with Gasteiger partial charge in [-0.25, -0.2) is 0 Å². The summed E-state index contributed by atoms with van der Waals surface area (Å²) in [4.78, 5) is 3.28. The van der Waals surface area contributed by atoms with Gasteiger partial charge >= 0.3 is 0 Å². The molecule has 1 aromatic rings. The van der Waals surface area contributed by atoms with Gasteiger partial charge in [-0.3, -0.25) is 4.90 Å². The van der Waals surface area contributed by atoms with Gasteiger partial charge in [0.25, 0.3) is 0 Å². The first kappa shape index (κ1) is 17.2. The molecule has 2 atom stereocenters. The molecule has 0 spiro atoms. The third kappa shape index (κ3) is 2.53. The van der Waals surface area contributed by atoms with E-state index in [0.29, 0.717) is 5.57 Å². The SMILES string of the molecule is CCCN1CC=C2C(C#N)=C(N)C(C#N)(C#N)[C@@H](c3cccs3)[C@H]2C1. The van der Waals surface area contributed by atoms with Crippen LogP contribution in [0, 0.1) is 45.3 Å². The number of hydrogen-bond donors (Lipinski definition) is 1. The van der Waals surface area contributed by atoms with E-state index < -0.39 is 5.41 Å². The Bertz CT molecular complexity index is 830. The Morgan fingerprint density at radius 1 is 1.36 bits per heavy atom. The van der Waals surface area contributed by atoms with Crippen LogP contribution in [-0.4, -0.2) is 24.5 Å². The van der Waals surface area contributed by atoms with Crippen LogP contribution >= 0.6 is 11.3 Å². The molecule has 0 radical (unpaired) electrons. The second kappa shape index (κ2) is 6.73. The Morgan fingerprint density at radius 3 is 2.68 bits per heavy atom. The monoisotopic (exact) mass is 349 g/mol. The molecule has 0 bridgehead atoms. The van der Waals surface area contributed by atoms with Gasteiger partial charge in [0, 0.05) is 29.8 Å². The van der Waals surface area contributed by atoms with Gasteiger partial charge in [-0.15, -0.1) is 11.3 Å². The Hall–Kier alpha value is -2.59. The second-order valence-corrected chi connectivity index (χ2v) is 7.43. The zero-order valence-corrected chi connectivity index (χ0v) is 14.9.